The Hall–Kier alpha value is -1.62. The molecule has 0 spiro atoms. The summed E-state index contributed by atoms with van der Waals surface area (Å²) in [5.74, 6) is -0.322. The van der Waals surface area contributed by atoms with E-state index in [1.54, 1.807) is 19.9 Å². The zero-order valence-corrected chi connectivity index (χ0v) is 8.82. The first-order chi connectivity index (χ1) is 6.88. The van der Waals surface area contributed by atoms with Crippen molar-refractivity contribution in [3.05, 3.63) is 24.0 Å². The summed E-state index contributed by atoms with van der Waals surface area (Å²) in [5, 5.41) is 12.0. The van der Waals surface area contributed by atoms with Crippen LogP contribution in [0, 0.1) is 0 Å². The predicted octanol–water partition coefficient (Wildman–Crippen LogP) is 0.164. The van der Waals surface area contributed by atoms with Gasteiger partial charge < -0.3 is 16.2 Å². The summed E-state index contributed by atoms with van der Waals surface area (Å²) < 4.78 is 0. The number of nitrogens with two attached hydrogens (primary N) is 1. The van der Waals surface area contributed by atoms with Crippen molar-refractivity contribution < 1.29 is 9.90 Å². The normalized spacial score (nSPS) is 11.1. The second kappa shape index (κ2) is 4.27. The van der Waals surface area contributed by atoms with E-state index in [1.807, 2.05) is 0 Å². The van der Waals surface area contributed by atoms with Gasteiger partial charge in [-0.3, -0.25) is 4.79 Å². The molecule has 0 fully saturated rings. The van der Waals surface area contributed by atoms with Crippen molar-refractivity contribution in [3.8, 4) is 0 Å². The van der Waals surface area contributed by atoms with Crippen molar-refractivity contribution in [2.75, 3.05) is 12.3 Å². The SMILES string of the molecule is CC(C)(O)CNC(=O)c1ccc(N)cn1. The average molecular weight is 209 g/mol. The van der Waals surface area contributed by atoms with Gasteiger partial charge in [0.25, 0.3) is 5.91 Å². The Morgan fingerprint density at radius 2 is 2.27 bits per heavy atom. The van der Waals surface area contributed by atoms with E-state index in [0.717, 1.165) is 0 Å². The fourth-order valence-electron chi connectivity index (χ4n) is 0.927. The van der Waals surface area contributed by atoms with Gasteiger partial charge in [-0.15, -0.1) is 0 Å². The molecule has 0 saturated heterocycles. The summed E-state index contributed by atoms with van der Waals surface area (Å²) >= 11 is 0. The number of carbonyl (C=O) groups excluding carboxylic acids is 1. The lowest BCUT2D eigenvalue weighted by atomic mass is 10.1. The van der Waals surface area contributed by atoms with Crippen LogP contribution >= 0.6 is 0 Å². The number of nitrogens with zero attached hydrogens (tertiary/aromatic N) is 1. The van der Waals surface area contributed by atoms with Crippen LogP contribution in [0.15, 0.2) is 18.3 Å². The van der Waals surface area contributed by atoms with E-state index in [0.29, 0.717) is 5.69 Å². The van der Waals surface area contributed by atoms with Crippen molar-refractivity contribution in [2.45, 2.75) is 19.4 Å². The zero-order chi connectivity index (χ0) is 11.5. The van der Waals surface area contributed by atoms with Crippen LogP contribution in [0.5, 0.6) is 0 Å². The molecule has 5 heteroatoms. The van der Waals surface area contributed by atoms with Crippen molar-refractivity contribution >= 4 is 11.6 Å². The van der Waals surface area contributed by atoms with Gasteiger partial charge in [-0.2, -0.15) is 0 Å². The molecule has 1 aromatic heterocycles. The van der Waals surface area contributed by atoms with Gasteiger partial charge in [0.2, 0.25) is 0 Å². The number of hydrogen-bond acceptors (Lipinski definition) is 4. The number of rotatable bonds is 3. The zero-order valence-electron chi connectivity index (χ0n) is 8.82. The Kier molecular flexibility index (Phi) is 3.26. The van der Waals surface area contributed by atoms with Crippen LogP contribution in [0.1, 0.15) is 24.3 Å². The van der Waals surface area contributed by atoms with E-state index in [2.05, 4.69) is 10.3 Å². The molecule has 0 saturated carbocycles. The molecule has 0 bridgehead atoms. The molecule has 0 unspecified atom stereocenters. The van der Waals surface area contributed by atoms with Crippen LogP contribution in [0.4, 0.5) is 5.69 Å². The highest BCUT2D eigenvalue weighted by Crippen LogP contribution is 2.02. The highest BCUT2D eigenvalue weighted by Gasteiger charge is 2.15. The fraction of sp³-hybridized carbons (Fsp3) is 0.400. The molecule has 1 aromatic rings. The third-order valence-corrected chi connectivity index (χ3v) is 1.70. The molecule has 0 aliphatic rings. The van der Waals surface area contributed by atoms with Gasteiger partial charge in [-0.25, -0.2) is 4.98 Å². The Morgan fingerprint density at radius 1 is 1.60 bits per heavy atom. The number of nitrogen functional groups attached to an aromatic ring is 1. The van der Waals surface area contributed by atoms with E-state index in [-0.39, 0.29) is 18.1 Å². The summed E-state index contributed by atoms with van der Waals surface area (Å²) in [6.07, 6.45) is 1.42. The van der Waals surface area contributed by atoms with E-state index in [1.165, 1.54) is 12.3 Å². The highest BCUT2D eigenvalue weighted by atomic mass is 16.3. The maximum atomic E-state index is 11.5. The number of aromatic nitrogens is 1. The van der Waals surface area contributed by atoms with Crippen molar-refractivity contribution in [2.24, 2.45) is 0 Å². The first kappa shape index (κ1) is 11.5. The number of aliphatic hydroxyl groups is 1. The average Bonchev–Trinajstić information content (AvgIpc) is 2.14. The monoisotopic (exact) mass is 209 g/mol. The number of amides is 1. The summed E-state index contributed by atoms with van der Waals surface area (Å²) in [5.41, 5.74) is 5.30. The Labute approximate surface area is 88.3 Å². The van der Waals surface area contributed by atoms with Crippen LogP contribution in [-0.4, -0.2) is 28.1 Å². The largest absolute Gasteiger partial charge is 0.397 e. The molecule has 82 valence electrons. The van der Waals surface area contributed by atoms with Crippen LogP contribution in [-0.2, 0) is 0 Å². The van der Waals surface area contributed by atoms with E-state index < -0.39 is 5.60 Å². The van der Waals surface area contributed by atoms with Gasteiger partial charge >= 0.3 is 0 Å². The molecular weight excluding hydrogens is 194 g/mol. The minimum atomic E-state index is -0.927. The van der Waals surface area contributed by atoms with Crippen LogP contribution in [0.2, 0.25) is 0 Å². The molecule has 4 N–H and O–H groups in total. The first-order valence-corrected chi connectivity index (χ1v) is 4.60. The van der Waals surface area contributed by atoms with Gasteiger partial charge in [0.05, 0.1) is 17.5 Å². The van der Waals surface area contributed by atoms with Gasteiger partial charge in [-0.05, 0) is 26.0 Å². The maximum absolute atomic E-state index is 11.5. The van der Waals surface area contributed by atoms with E-state index in [9.17, 15) is 9.90 Å². The van der Waals surface area contributed by atoms with Crippen LogP contribution < -0.4 is 11.1 Å². The number of carbonyl (C=O) groups is 1. The summed E-state index contributed by atoms with van der Waals surface area (Å²) in [4.78, 5) is 15.3. The summed E-state index contributed by atoms with van der Waals surface area (Å²) in [6, 6.07) is 3.14. The quantitative estimate of drug-likeness (QED) is 0.662. The third kappa shape index (κ3) is 3.95. The van der Waals surface area contributed by atoms with Gasteiger partial charge in [0, 0.05) is 6.54 Å². The molecule has 0 aliphatic heterocycles. The standard InChI is InChI=1S/C10H15N3O2/c1-10(2,15)6-13-9(14)8-4-3-7(11)5-12-8/h3-5,15H,6,11H2,1-2H3,(H,13,14). The topological polar surface area (TPSA) is 88.2 Å². The molecule has 5 nitrogen and oxygen atoms in total. The smallest absolute Gasteiger partial charge is 0.269 e. The fourth-order valence-corrected chi connectivity index (χ4v) is 0.927. The minimum absolute atomic E-state index is 0.178. The predicted molar refractivity (Wildman–Crippen MR) is 57.3 cm³/mol. The lowest BCUT2D eigenvalue weighted by Crippen LogP contribution is -2.38. The Balaban J connectivity index is 2.58. The molecule has 15 heavy (non-hydrogen) atoms. The maximum Gasteiger partial charge on any atom is 0.269 e. The highest BCUT2D eigenvalue weighted by molar-refractivity contribution is 5.92. The molecule has 1 amide bonds. The van der Waals surface area contributed by atoms with Crippen molar-refractivity contribution in [1.82, 2.24) is 10.3 Å². The number of anilines is 1. The number of hydrogen-bond donors (Lipinski definition) is 3. The second-order valence-corrected chi connectivity index (χ2v) is 3.97. The Morgan fingerprint density at radius 3 is 2.73 bits per heavy atom. The molecular formula is C10H15N3O2. The molecule has 0 aliphatic carbocycles. The molecule has 0 radical (unpaired) electrons. The number of pyridine rings is 1. The van der Waals surface area contributed by atoms with Gasteiger partial charge in [0.15, 0.2) is 0 Å². The van der Waals surface area contributed by atoms with Crippen molar-refractivity contribution in [3.63, 3.8) is 0 Å². The number of nitrogens with one attached hydrogen (secondary N) is 1. The van der Waals surface area contributed by atoms with Gasteiger partial charge in [0.1, 0.15) is 5.69 Å². The second-order valence-electron chi connectivity index (χ2n) is 3.97. The Bertz CT molecular complexity index is 341. The third-order valence-electron chi connectivity index (χ3n) is 1.70. The van der Waals surface area contributed by atoms with E-state index >= 15 is 0 Å². The molecule has 1 rings (SSSR count). The lowest BCUT2D eigenvalue weighted by molar-refractivity contribution is 0.0692. The minimum Gasteiger partial charge on any atom is -0.397 e. The van der Waals surface area contributed by atoms with Crippen LogP contribution in [0.25, 0.3) is 0 Å². The lowest BCUT2D eigenvalue weighted by Gasteiger charge is -2.17. The van der Waals surface area contributed by atoms with Crippen molar-refractivity contribution in [1.29, 1.82) is 0 Å². The summed E-state index contributed by atoms with van der Waals surface area (Å²) in [7, 11) is 0. The van der Waals surface area contributed by atoms with Gasteiger partial charge in [-0.1, -0.05) is 0 Å². The first-order valence-electron chi connectivity index (χ1n) is 4.60. The van der Waals surface area contributed by atoms with Crippen LogP contribution in [0.3, 0.4) is 0 Å². The molecule has 0 aromatic carbocycles. The van der Waals surface area contributed by atoms with E-state index in [4.69, 9.17) is 5.73 Å². The summed E-state index contributed by atoms with van der Waals surface area (Å²) in [6.45, 7) is 3.41. The molecule has 1 heterocycles. The molecule has 0 atom stereocenters.